The molecule has 0 fully saturated rings. The second-order valence-corrected chi connectivity index (χ2v) is 6.77. The van der Waals surface area contributed by atoms with Gasteiger partial charge in [0.2, 0.25) is 6.10 Å². The first-order valence-corrected chi connectivity index (χ1v) is 10.0. The van der Waals surface area contributed by atoms with Crippen LogP contribution < -0.4 is 10.1 Å². The third-order valence-corrected chi connectivity index (χ3v) is 4.80. The molecule has 2 aromatic carbocycles. The Hall–Kier alpha value is -3.32. The Balaban J connectivity index is 1.86. The number of benzene rings is 2. The van der Waals surface area contributed by atoms with Crippen molar-refractivity contribution in [2.24, 2.45) is 0 Å². The number of nitrogens with zero attached hydrogens (tertiary/aromatic N) is 1. The van der Waals surface area contributed by atoms with Gasteiger partial charge in [-0.05, 0) is 30.5 Å². The summed E-state index contributed by atoms with van der Waals surface area (Å²) in [6.07, 6.45) is 2.31. The highest BCUT2D eigenvalue weighted by Crippen LogP contribution is 2.25. The van der Waals surface area contributed by atoms with Crippen molar-refractivity contribution in [3.05, 3.63) is 84.1 Å². The molecule has 148 valence electrons. The van der Waals surface area contributed by atoms with Gasteiger partial charge in [-0.2, -0.15) is 0 Å². The predicted octanol–water partition coefficient (Wildman–Crippen LogP) is 4.35. The molecule has 1 aromatic heterocycles. The Bertz CT molecular complexity index is 995. The molecular formula is C22H20N2O4S. The van der Waals surface area contributed by atoms with Crippen LogP contribution in [0, 0.1) is 0 Å². The highest BCUT2D eigenvalue weighted by Gasteiger charge is 2.27. The molecule has 7 heteroatoms. The van der Waals surface area contributed by atoms with Crippen LogP contribution in [0.1, 0.15) is 22.0 Å². The zero-order chi connectivity index (χ0) is 20.6. The monoisotopic (exact) mass is 408 g/mol. The van der Waals surface area contributed by atoms with Crippen molar-refractivity contribution in [1.29, 1.82) is 0 Å². The number of rotatable bonds is 7. The molecule has 3 aromatic rings. The predicted molar refractivity (Wildman–Crippen MR) is 112 cm³/mol. The van der Waals surface area contributed by atoms with Crippen LogP contribution in [0.15, 0.2) is 78.0 Å². The van der Waals surface area contributed by atoms with Gasteiger partial charge >= 0.3 is 5.97 Å². The number of carbonyl (C=O) groups is 2. The first-order chi connectivity index (χ1) is 14.1. The average Bonchev–Trinajstić information content (AvgIpc) is 2.77. The van der Waals surface area contributed by atoms with Gasteiger partial charge in [-0.3, -0.25) is 4.79 Å². The van der Waals surface area contributed by atoms with Gasteiger partial charge in [0, 0.05) is 23.5 Å². The molecule has 6 nitrogen and oxygen atoms in total. The van der Waals surface area contributed by atoms with Gasteiger partial charge in [0.05, 0.1) is 12.7 Å². The molecule has 1 heterocycles. The second-order valence-electron chi connectivity index (χ2n) is 5.98. The van der Waals surface area contributed by atoms with Gasteiger partial charge in [0.25, 0.3) is 5.91 Å². The fraction of sp³-hybridized carbons (Fsp3) is 0.136. The molecule has 0 bridgehead atoms. The number of carbonyl (C=O) groups excluding carboxylic acids is 2. The molecule has 0 spiro atoms. The molecule has 0 saturated carbocycles. The lowest BCUT2D eigenvalue weighted by Crippen LogP contribution is -2.26. The minimum absolute atomic E-state index is 0.315. The molecule has 0 saturated heterocycles. The summed E-state index contributed by atoms with van der Waals surface area (Å²) in [5.41, 5.74) is 1.42. The van der Waals surface area contributed by atoms with E-state index in [9.17, 15) is 9.59 Å². The number of nitrogens with one attached hydrogen (secondary N) is 1. The van der Waals surface area contributed by atoms with Crippen molar-refractivity contribution in [3.8, 4) is 5.75 Å². The number of pyridine rings is 1. The van der Waals surface area contributed by atoms with Crippen molar-refractivity contribution in [3.63, 3.8) is 0 Å². The molecule has 1 N–H and O–H groups in total. The summed E-state index contributed by atoms with van der Waals surface area (Å²) in [5.74, 6) is -0.472. The van der Waals surface area contributed by atoms with Gasteiger partial charge in [0.15, 0.2) is 0 Å². The van der Waals surface area contributed by atoms with E-state index in [1.54, 1.807) is 74.0 Å². The van der Waals surface area contributed by atoms with Crippen molar-refractivity contribution >= 4 is 29.3 Å². The van der Waals surface area contributed by atoms with Crippen molar-refractivity contribution in [2.75, 3.05) is 18.7 Å². The Labute approximate surface area is 173 Å². The molecule has 0 aliphatic rings. The Morgan fingerprint density at radius 1 is 1.03 bits per heavy atom. The SMILES string of the molecule is COc1cccc(NC(=O)[C@@H](OC(=O)c2cccnc2SC)c2ccccc2)c1. The van der Waals surface area contributed by atoms with E-state index in [0.29, 0.717) is 27.6 Å². The number of aromatic nitrogens is 1. The summed E-state index contributed by atoms with van der Waals surface area (Å²) in [6, 6.07) is 19.1. The molecule has 1 atom stereocenters. The van der Waals surface area contributed by atoms with Crippen LogP contribution in [-0.2, 0) is 9.53 Å². The first kappa shape index (κ1) is 20.4. The largest absolute Gasteiger partial charge is 0.497 e. The standard InChI is InChI=1S/C22H20N2O4S/c1-27-17-11-6-10-16(14-17)24-20(25)19(15-8-4-3-5-9-15)28-22(26)18-12-7-13-23-21(18)29-2/h3-14,19H,1-2H3,(H,24,25)/t19-/m0/s1. The van der Waals surface area contributed by atoms with E-state index in [-0.39, 0.29) is 0 Å². The lowest BCUT2D eigenvalue weighted by molar-refractivity contribution is -0.125. The number of hydrogen-bond acceptors (Lipinski definition) is 6. The number of ether oxygens (including phenoxy) is 2. The highest BCUT2D eigenvalue weighted by molar-refractivity contribution is 7.98. The maximum absolute atomic E-state index is 13.0. The summed E-state index contributed by atoms with van der Waals surface area (Å²) < 4.78 is 10.8. The Morgan fingerprint density at radius 2 is 1.83 bits per heavy atom. The molecule has 29 heavy (non-hydrogen) atoms. The molecule has 0 aliphatic carbocycles. The molecular weight excluding hydrogens is 388 g/mol. The van der Waals surface area contributed by atoms with E-state index in [2.05, 4.69) is 10.3 Å². The normalized spacial score (nSPS) is 11.4. The van der Waals surface area contributed by atoms with Crippen LogP contribution in [0.5, 0.6) is 5.75 Å². The number of hydrogen-bond donors (Lipinski definition) is 1. The molecule has 0 aliphatic heterocycles. The maximum atomic E-state index is 13.0. The topological polar surface area (TPSA) is 77.5 Å². The first-order valence-electron chi connectivity index (χ1n) is 8.82. The number of methoxy groups -OCH3 is 1. The summed E-state index contributed by atoms with van der Waals surface area (Å²) in [6.45, 7) is 0. The van der Waals surface area contributed by atoms with Crippen LogP contribution in [0.3, 0.4) is 0 Å². The van der Waals surface area contributed by atoms with E-state index < -0.39 is 18.0 Å². The van der Waals surface area contributed by atoms with Crippen molar-refractivity contribution in [1.82, 2.24) is 4.98 Å². The van der Waals surface area contributed by atoms with Crippen LogP contribution in [-0.4, -0.2) is 30.2 Å². The lowest BCUT2D eigenvalue weighted by atomic mass is 10.1. The van der Waals surface area contributed by atoms with Crippen molar-refractivity contribution in [2.45, 2.75) is 11.1 Å². The summed E-state index contributed by atoms with van der Waals surface area (Å²) >= 11 is 1.34. The third kappa shape index (κ3) is 5.14. The minimum atomic E-state index is -1.12. The van der Waals surface area contributed by atoms with Gasteiger partial charge in [-0.1, -0.05) is 36.4 Å². The maximum Gasteiger partial charge on any atom is 0.342 e. The third-order valence-electron chi connectivity index (χ3n) is 4.09. The number of thioether (sulfide) groups is 1. The zero-order valence-electron chi connectivity index (χ0n) is 16.0. The molecule has 3 rings (SSSR count). The number of amides is 1. The summed E-state index contributed by atoms with van der Waals surface area (Å²) in [5, 5.41) is 3.32. The molecule has 1 amide bonds. The van der Waals surface area contributed by atoms with Crippen molar-refractivity contribution < 1.29 is 19.1 Å². The van der Waals surface area contributed by atoms with E-state index in [4.69, 9.17) is 9.47 Å². The highest BCUT2D eigenvalue weighted by atomic mass is 32.2. The quantitative estimate of drug-likeness (QED) is 0.463. The smallest absolute Gasteiger partial charge is 0.342 e. The Kier molecular flexibility index (Phi) is 6.86. The van der Waals surface area contributed by atoms with E-state index in [1.165, 1.54) is 11.8 Å². The Morgan fingerprint density at radius 3 is 2.55 bits per heavy atom. The average molecular weight is 408 g/mol. The second kappa shape index (κ2) is 9.75. The van der Waals surface area contributed by atoms with Gasteiger partial charge in [-0.15, -0.1) is 11.8 Å². The summed E-state index contributed by atoms with van der Waals surface area (Å²) in [4.78, 5) is 30.0. The molecule has 0 radical (unpaired) electrons. The fourth-order valence-corrected chi connectivity index (χ4v) is 3.23. The van der Waals surface area contributed by atoms with Gasteiger partial charge in [0.1, 0.15) is 10.8 Å². The minimum Gasteiger partial charge on any atom is -0.497 e. The van der Waals surface area contributed by atoms with E-state index in [0.717, 1.165) is 0 Å². The van der Waals surface area contributed by atoms with E-state index in [1.807, 2.05) is 12.3 Å². The number of anilines is 1. The van der Waals surface area contributed by atoms with Gasteiger partial charge in [-0.25, -0.2) is 9.78 Å². The van der Waals surface area contributed by atoms with E-state index >= 15 is 0 Å². The van der Waals surface area contributed by atoms with Crippen LogP contribution >= 0.6 is 11.8 Å². The van der Waals surface area contributed by atoms with Crippen LogP contribution in [0.2, 0.25) is 0 Å². The molecule has 0 unspecified atom stereocenters. The number of esters is 1. The summed E-state index contributed by atoms with van der Waals surface area (Å²) in [7, 11) is 1.55. The van der Waals surface area contributed by atoms with Gasteiger partial charge < -0.3 is 14.8 Å². The fourth-order valence-electron chi connectivity index (χ4n) is 2.69. The van der Waals surface area contributed by atoms with Crippen LogP contribution in [0.25, 0.3) is 0 Å². The lowest BCUT2D eigenvalue weighted by Gasteiger charge is -2.19. The zero-order valence-corrected chi connectivity index (χ0v) is 16.8. The van der Waals surface area contributed by atoms with Crippen LogP contribution in [0.4, 0.5) is 5.69 Å².